The molecule has 0 aliphatic heterocycles. The van der Waals surface area contributed by atoms with E-state index in [0.717, 1.165) is 30.3 Å². The molecule has 1 heterocycles. The van der Waals surface area contributed by atoms with E-state index < -0.39 is 73.8 Å². The third-order valence-electron chi connectivity index (χ3n) is 8.22. The number of aliphatic hydroxyl groups is 3. The number of nitrogens with zero attached hydrogens (tertiary/aromatic N) is 1. The average Bonchev–Trinajstić information content (AvgIpc) is 3.10. The van der Waals surface area contributed by atoms with E-state index in [4.69, 9.17) is 11.6 Å². The van der Waals surface area contributed by atoms with Gasteiger partial charge in [-0.3, -0.25) is 9.78 Å². The molecule has 0 spiro atoms. The predicted molar refractivity (Wildman–Crippen MR) is 142 cm³/mol. The highest BCUT2D eigenvalue weighted by Crippen LogP contribution is 2.55. The van der Waals surface area contributed by atoms with Crippen molar-refractivity contribution in [2.45, 2.75) is 53.6 Å². The van der Waals surface area contributed by atoms with Gasteiger partial charge in [-0.25, -0.2) is 21.6 Å². The molecule has 4 atom stereocenters. The minimum Gasteiger partial charge on any atom is -0.387 e. The number of benzene rings is 2. The summed E-state index contributed by atoms with van der Waals surface area (Å²) in [5.41, 5.74) is -2.44. The number of sulfone groups is 1. The van der Waals surface area contributed by atoms with Crippen LogP contribution in [0.15, 0.2) is 59.6 Å². The molecule has 4 N–H and O–H groups in total. The summed E-state index contributed by atoms with van der Waals surface area (Å²) in [6, 6.07) is 8.78. The van der Waals surface area contributed by atoms with Crippen LogP contribution in [0.25, 0.3) is 0 Å². The van der Waals surface area contributed by atoms with E-state index in [9.17, 15) is 41.7 Å². The maximum atomic E-state index is 14.2. The van der Waals surface area contributed by atoms with Gasteiger partial charge >= 0.3 is 0 Å². The largest absolute Gasteiger partial charge is 0.387 e. The van der Waals surface area contributed by atoms with Gasteiger partial charge in [0.1, 0.15) is 23.7 Å². The lowest BCUT2D eigenvalue weighted by Crippen LogP contribution is -2.57. The molecule has 2 aromatic carbocycles. The van der Waals surface area contributed by atoms with E-state index in [0.29, 0.717) is 12.8 Å². The Morgan fingerprint density at radius 3 is 2.32 bits per heavy atom. The van der Waals surface area contributed by atoms with Gasteiger partial charge in [0.2, 0.25) is 0 Å². The molecule has 2 saturated carbocycles. The zero-order chi connectivity index (χ0) is 29.7. The van der Waals surface area contributed by atoms with Gasteiger partial charge < -0.3 is 20.6 Å². The standard InChI is InChI=1S/C28H26ClF3N2O6S/c29-19-7-3-14(27(37)34-17-6-8-20(30)22(32)13-17)10-23(19)41(39,40)18-11-15-4-5-16(12-18)28(15,38)26(36)25(35)24-21(31)2-1-9-33-24/h1-3,6-10,13,15-16,18,25-26,35-36,38H,4-5,11-12H2,(H,34,37). The Hall–Kier alpha value is -3.03. The molecule has 218 valence electrons. The summed E-state index contributed by atoms with van der Waals surface area (Å²) in [6.07, 6.45) is -1.83. The first-order chi connectivity index (χ1) is 19.3. The summed E-state index contributed by atoms with van der Waals surface area (Å²) in [7, 11) is -4.16. The Morgan fingerprint density at radius 2 is 1.68 bits per heavy atom. The highest BCUT2D eigenvalue weighted by Gasteiger charge is 2.60. The van der Waals surface area contributed by atoms with Crippen molar-refractivity contribution in [2.24, 2.45) is 11.8 Å². The molecule has 13 heteroatoms. The predicted octanol–water partition coefficient (Wildman–Crippen LogP) is 4.19. The topological polar surface area (TPSA) is 137 Å². The number of aliphatic hydroxyl groups excluding tert-OH is 2. The fourth-order valence-corrected chi connectivity index (χ4v) is 8.52. The van der Waals surface area contributed by atoms with E-state index in [2.05, 4.69) is 10.3 Å². The summed E-state index contributed by atoms with van der Waals surface area (Å²) >= 11 is 6.26. The van der Waals surface area contributed by atoms with Crippen LogP contribution in [0.3, 0.4) is 0 Å². The molecule has 4 unspecified atom stereocenters. The summed E-state index contributed by atoms with van der Waals surface area (Å²) in [5, 5.41) is 34.5. The van der Waals surface area contributed by atoms with E-state index in [1.54, 1.807) is 0 Å². The van der Waals surface area contributed by atoms with E-state index >= 15 is 0 Å². The van der Waals surface area contributed by atoms with Crippen LogP contribution in [0, 0.1) is 29.3 Å². The number of carbonyl (C=O) groups is 1. The molecule has 1 amide bonds. The van der Waals surface area contributed by atoms with Crippen LogP contribution in [-0.4, -0.2) is 51.6 Å². The molecule has 41 heavy (non-hydrogen) atoms. The van der Waals surface area contributed by atoms with Crippen LogP contribution in [0.2, 0.25) is 5.02 Å². The summed E-state index contributed by atoms with van der Waals surface area (Å²) in [5.74, 6) is -5.37. The Balaban J connectivity index is 1.37. The quantitative estimate of drug-likeness (QED) is 0.315. The van der Waals surface area contributed by atoms with Crippen molar-refractivity contribution in [3.8, 4) is 0 Å². The van der Waals surface area contributed by atoms with Gasteiger partial charge in [-0.05, 0) is 80.0 Å². The number of nitrogens with one attached hydrogen (secondary N) is 1. The van der Waals surface area contributed by atoms with Crippen LogP contribution < -0.4 is 5.32 Å². The fourth-order valence-electron chi connectivity index (χ4n) is 6.12. The first-order valence-corrected chi connectivity index (χ1v) is 14.7. The number of carbonyl (C=O) groups excluding carboxylic acids is 1. The monoisotopic (exact) mass is 610 g/mol. The van der Waals surface area contributed by atoms with Crippen LogP contribution in [0.1, 0.15) is 47.8 Å². The number of fused-ring (bicyclic) bond motifs is 2. The number of anilines is 1. The third-order valence-corrected chi connectivity index (χ3v) is 10.9. The summed E-state index contributed by atoms with van der Waals surface area (Å²) in [6.45, 7) is 0. The number of aromatic nitrogens is 1. The lowest BCUT2D eigenvalue weighted by atomic mass is 9.69. The second-order valence-electron chi connectivity index (χ2n) is 10.5. The van der Waals surface area contributed by atoms with Crippen LogP contribution in [0.5, 0.6) is 0 Å². The van der Waals surface area contributed by atoms with Gasteiger partial charge in [-0.15, -0.1) is 0 Å². The number of amides is 1. The van der Waals surface area contributed by atoms with Crippen molar-refractivity contribution in [1.82, 2.24) is 4.98 Å². The van der Waals surface area contributed by atoms with E-state index in [1.165, 1.54) is 24.4 Å². The van der Waals surface area contributed by atoms with Crippen molar-refractivity contribution in [3.05, 3.63) is 88.5 Å². The van der Waals surface area contributed by atoms with Crippen molar-refractivity contribution in [3.63, 3.8) is 0 Å². The first-order valence-electron chi connectivity index (χ1n) is 12.8. The molecule has 1 aromatic heterocycles. The minimum atomic E-state index is -4.16. The average molecular weight is 611 g/mol. The second kappa shape index (κ2) is 11.0. The molecule has 5 rings (SSSR count). The highest BCUT2D eigenvalue weighted by molar-refractivity contribution is 7.92. The molecule has 8 nitrogen and oxygen atoms in total. The second-order valence-corrected chi connectivity index (χ2v) is 13.1. The highest BCUT2D eigenvalue weighted by atomic mass is 35.5. The lowest BCUT2D eigenvalue weighted by molar-refractivity contribution is -0.178. The zero-order valence-corrected chi connectivity index (χ0v) is 22.9. The Labute approximate surface area is 238 Å². The van der Waals surface area contributed by atoms with Crippen molar-refractivity contribution in [2.75, 3.05) is 5.32 Å². The number of hydrogen-bond donors (Lipinski definition) is 4. The molecule has 2 aliphatic rings. The molecule has 0 radical (unpaired) electrons. The Bertz CT molecular complexity index is 1590. The van der Waals surface area contributed by atoms with Gasteiger partial charge in [0.15, 0.2) is 21.5 Å². The molecule has 3 aromatic rings. The fraction of sp³-hybridized carbons (Fsp3) is 0.357. The van der Waals surface area contributed by atoms with Crippen LogP contribution >= 0.6 is 11.6 Å². The summed E-state index contributed by atoms with van der Waals surface area (Å²) < 4.78 is 68.5. The number of pyridine rings is 1. The van der Waals surface area contributed by atoms with Crippen LogP contribution in [0.4, 0.5) is 18.9 Å². The van der Waals surface area contributed by atoms with Crippen LogP contribution in [-0.2, 0) is 9.84 Å². The number of hydrogen-bond acceptors (Lipinski definition) is 7. The lowest BCUT2D eigenvalue weighted by Gasteiger charge is -2.46. The Morgan fingerprint density at radius 1 is 1.00 bits per heavy atom. The number of halogens is 4. The van der Waals surface area contributed by atoms with Crippen molar-refractivity contribution in [1.29, 1.82) is 0 Å². The van der Waals surface area contributed by atoms with Crippen molar-refractivity contribution < 1.29 is 41.7 Å². The molecular weight excluding hydrogens is 585 g/mol. The van der Waals surface area contributed by atoms with Gasteiger partial charge in [0.25, 0.3) is 5.91 Å². The molecule has 2 aliphatic carbocycles. The smallest absolute Gasteiger partial charge is 0.255 e. The minimum absolute atomic E-state index is 0.0391. The third kappa shape index (κ3) is 5.23. The first kappa shape index (κ1) is 29.5. The summed E-state index contributed by atoms with van der Waals surface area (Å²) in [4.78, 5) is 16.2. The van der Waals surface area contributed by atoms with E-state index in [1.807, 2.05) is 0 Å². The molecular formula is C28H26ClF3N2O6S. The molecule has 2 fully saturated rings. The van der Waals surface area contributed by atoms with E-state index in [-0.39, 0.29) is 34.0 Å². The SMILES string of the molecule is O=C(Nc1ccc(F)c(F)c1)c1ccc(Cl)c(S(=O)(=O)C2CC3CCC(C2)C3(O)C(O)C(O)c2ncccc2F)c1. The maximum Gasteiger partial charge on any atom is 0.255 e. The number of rotatable bonds is 7. The zero-order valence-electron chi connectivity index (χ0n) is 21.3. The molecule has 2 bridgehead atoms. The molecule has 0 saturated heterocycles. The normalized spacial score (nSPS) is 25.5. The van der Waals surface area contributed by atoms with Crippen molar-refractivity contribution >= 4 is 33.0 Å². The van der Waals surface area contributed by atoms with Gasteiger partial charge in [0.05, 0.1) is 20.8 Å². The Kier molecular flexibility index (Phi) is 7.90. The maximum absolute atomic E-state index is 14.2. The van der Waals surface area contributed by atoms with Gasteiger partial charge in [0, 0.05) is 23.5 Å². The van der Waals surface area contributed by atoms with Gasteiger partial charge in [-0.2, -0.15) is 0 Å². The van der Waals surface area contributed by atoms with Gasteiger partial charge in [-0.1, -0.05) is 11.6 Å².